The summed E-state index contributed by atoms with van der Waals surface area (Å²) in [6.07, 6.45) is 0.478. The van der Waals surface area contributed by atoms with Crippen molar-refractivity contribution >= 4 is 11.4 Å². The maximum absolute atomic E-state index is 10.9. The highest BCUT2D eigenvalue weighted by atomic mass is 16.6. The van der Waals surface area contributed by atoms with E-state index >= 15 is 0 Å². The van der Waals surface area contributed by atoms with Crippen molar-refractivity contribution in [2.45, 2.75) is 12.8 Å². The zero-order valence-electron chi connectivity index (χ0n) is 8.72. The molecule has 1 rings (SSSR count). The van der Waals surface area contributed by atoms with E-state index in [1.807, 2.05) is 0 Å². The van der Waals surface area contributed by atoms with E-state index in [1.165, 1.54) is 0 Å². The molecule has 0 amide bonds. The van der Waals surface area contributed by atoms with Gasteiger partial charge in [0.15, 0.2) is 0 Å². The maximum Gasteiger partial charge on any atom is 0.295 e. The molecule has 0 spiro atoms. The van der Waals surface area contributed by atoms with Gasteiger partial charge in [0.05, 0.1) is 4.92 Å². The topological polar surface area (TPSA) is 110 Å². The van der Waals surface area contributed by atoms with Gasteiger partial charge >= 0.3 is 0 Å². The second-order valence-electron chi connectivity index (χ2n) is 3.35. The maximum atomic E-state index is 10.9. The van der Waals surface area contributed by atoms with Gasteiger partial charge in [-0.25, -0.2) is 0 Å². The summed E-state index contributed by atoms with van der Waals surface area (Å²) in [7, 11) is 0. The van der Waals surface area contributed by atoms with Crippen LogP contribution in [0.5, 0.6) is 0 Å². The monoisotopic (exact) mass is 226 g/mol. The van der Waals surface area contributed by atoms with Crippen LogP contribution in [0.2, 0.25) is 0 Å². The minimum absolute atomic E-state index is 0.0741. The largest absolute Gasteiger partial charge is 0.396 e. The molecule has 88 valence electrons. The Balaban J connectivity index is 3.24. The highest BCUT2D eigenvalue weighted by Gasteiger charge is 2.20. The fourth-order valence-electron chi connectivity index (χ4n) is 1.57. The van der Waals surface area contributed by atoms with Gasteiger partial charge in [0.1, 0.15) is 5.69 Å². The number of rotatable bonds is 5. The third-order valence-electron chi connectivity index (χ3n) is 2.34. The molecule has 0 bridgehead atoms. The molecule has 4 N–H and O–H groups in total. The highest BCUT2D eigenvalue weighted by Crippen LogP contribution is 2.30. The average Bonchev–Trinajstić information content (AvgIpc) is 2.22. The molecule has 6 nitrogen and oxygen atoms in total. The van der Waals surface area contributed by atoms with E-state index in [2.05, 4.69) is 0 Å². The summed E-state index contributed by atoms with van der Waals surface area (Å²) in [5.41, 5.74) is 6.54. The number of aliphatic hydroxyl groups excluding tert-OH is 2. The van der Waals surface area contributed by atoms with Crippen molar-refractivity contribution in [2.24, 2.45) is 0 Å². The molecule has 0 aliphatic rings. The SMILES string of the molecule is Nc1c(CCO)ccc(CCO)c1[N+](=O)[O-]. The Morgan fingerprint density at radius 2 is 1.69 bits per heavy atom. The van der Waals surface area contributed by atoms with Crippen molar-refractivity contribution in [3.05, 3.63) is 33.4 Å². The molecule has 0 fully saturated rings. The van der Waals surface area contributed by atoms with E-state index in [0.717, 1.165) is 0 Å². The van der Waals surface area contributed by atoms with Crippen LogP contribution in [0.15, 0.2) is 12.1 Å². The molecule has 1 aromatic rings. The molecular formula is C10H14N2O4. The van der Waals surface area contributed by atoms with Gasteiger partial charge in [-0.15, -0.1) is 0 Å². The van der Waals surface area contributed by atoms with Crippen molar-refractivity contribution in [2.75, 3.05) is 18.9 Å². The molecule has 0 saturated heterocycles. The Morgan fingerprint density at radius 1 is 1.19 bits per heavy atom. The summed E-state index contributed by atoms with van der Waals surface area (Å²) in [5.74, 6) is 0. The van der Waals surface area contributed by atoms with Gasteiger partial charge in [-0.1, -0.05) is 12.1 Å². The van der Waals surface area contributed by atoms with Gasteiger partial charge in [0.2, 0.25) is 0 Å². The van der Waals surface area contributed by atoms with Crippen LogP contribution in [-0.2, 0) is 12.8 Å². The zero-order valence-corrected chi connectivity index (χ0v) is 8.72. The average molecular weight is 226 g/mol. The third-order valence-corrected chi connectivity index (χ3v) is 2.34. The number of anilines is 1. The molecule has 0 aliphatic carbocycles. The molecule has 0 heterocycles. The number of hydrogen-bond donors (Lipinski definition) is 3. The summed E-state index contributed by atoms with van der Waals surface area (Å²) >= 11 is 0. The van der Waals surface area contributed by atoms with Crippen molar-refractivity contribution in [1.29, 1.82) is 0 Å². The van der Waals surface area contributed by atoms with Crippen LogP contribution in [-0.4, -0.2) is 28.4 Å². The number of aliphatic hydroxyl groups is 2. The van der Waals surface area contributed by atoms with Gasteiger partial charge in [-0.3, -0.25) is 10.1 Å². The molecule has 16 heavy (non-hydrogen) atoms. The first-order chi connectivity index (χ1) is 7.61. The molecule has 0 saturated carbocycles. The smallest absolute Gasteiger partial charge is 0.295 e. The van der Waals surface area contributed by atoms with Crippen LogP contribution in [0, 0.1) is 10.1 Å². The quantitative estimate of drug-likeness (QED) is 0.378. The predicted molar refractivity (Wildman–Crippen MR) is 59.1 cm³/mol. The Hall–Kier alpha value is -1.66. The van der Waals surface area contributed by atoms with E-state index in [9.17, 15) is 10.1 Å². The number of nitrogens with zero attached hydrogens (tertiary/aromatic N) is 1. The number of nitro benzene ring substituents is 1. The molecule has 0 atom stereocenters. The minimum Gasteiger partial charge on any atom is -0.396 e. The Labute approximate surface area is 92.5 Å². The standard InChI is InChI=1S/C10H14N2O4/c11-9-7(3-5-13)1-2-8(4-6-14)10(9)12(15)16/h1-2,13-14H,3-6,11H2. The number of benzene rings is 1. The normalized spacial score (nSPS) is 10.4. The van der Waals surface area contributed by atoms with Gasteiger partial charge in [-0.2, -0.15) is 0 Å². The fourth-order valence-corrected chi connectivity index (χ4v) is 1.57. The lowest BCUT2D eigenvalue weighted by molar-refractivity contribution is -0.384. The molecule has 0 unspecified atom stereocenters. The lowest BCUT2D eigenvalue weighted by Gasteiger charge is -2.08. The molecular weight excluding hydrogens is 212 g/mol. The lowest BCUT2D eigenvalue weighted by atomic mass is 10.0. The van der Waals surface area contributed by atoms with E-state index in [1.54, 1.807) is 12.1 Å². The minimum atomic E-state index is -0.554. The van der Waals surface area contributed by atoms with E-state index in [4.69, 9.17) is 15.9 Å². The summed E-state index contributed by atoms with van der Waals surface area (Å²) in [6, 6.07) is 3.21. The summed E-state index contributed by atoms with van der Waals surface area (Å²) in [6.45, 7) is -0.277. The van der Waals surface area contributed by atoms with Crippen LogP contribution in [0.3, 0.4) is 0 Å². The summed E-state index contributed by atoms with van der Waals surface area (Å²) in [4.78, 5) is 10.3. The predicted octanol–water partition coefficient (Wildman–Crippen LogP) is 0.247. The first-order valence-electron chi connectivity index (χ1n) is 4.88. The molecule has 0 radical (unpaired) electrons. The number of hydrogen-bond acceptors (Lipinski definition) is 5. The molecule has 6 heteroatoms. The van der Waals surface area contributed by atoms with Gasteiger partial charge < -0.3 is 15.9 Å². The van der Waals surface area contributed by atoms with E-state index < -0.39 is 4.92 Å². The fraction of sp³-hybridized carbons (Fsp3) is 0.400. The van der Waals surface area contributed by atoms with Crippen molar-refractivity contribution in [3.8, 4) is 0 Å². The van der Waals surface area contributed by atoms with Gasteiger partial charge in [0, 0.05) is 25.2 Å². The Morgan fingerprint density at radius 3 is 2.19 bits per heavy atom. The Kier molecular flexibility index (Phi) is 4.21. The first-order valence-corrected chi connectivity index (χ1v) is 4.88. The lowest BCUT2D eigenvalue weighted by Crippen LogP contribution is -2.06. The third kappa shape index (κ3) is 2.47. The van der Waals surface area contributed by atoms with Gasteiger partial charge in [0.25, 0.3) is 5.69 Å². The number of nitro groups is 1. The summed E-state index contributed by atoms with van der Waals surface area (Å²) in [5, 5.41) is 28.4. The van der Waals surface area contributed by atoms with E-state index in [-0.39, 0.29) is 37.4 Å². The second kappa shape index (κ2) is 5.43. The van der Waals surface area contributed by atoms with Crippen LogP contribution in [0.1, 0.15) is 11.1 Å². The van der Waals surface area contributed by atoms with Crippen LogP contribution in [0.4, 0.5) is 11.4 Å². The van der Waals surface area contributed by atoms with Crippen LogP contribution < -0.4 is 5.73 Å². The first kappa shape index (κ1) is 12.4. The Bertz CT molecular complexity index is 393. The highest BCUT2D eigenvalue weighted by molar-refractivity contribution is 5.67. The van der Waals surface area contributed by atoms with Crippen LogP contribution in [0.25, 0.3) is 0 Å². The van der Waals surface area contributed by atoms with E-state index in [0.29, 0.717) is 11.1 Å². The van der Waals surface area contributed by atoms with Crippen LogP contribution >= 0.6 is 0 Å². The van der Waals surface area contributed by atoms with Gasteiger partial charge in [-0.05, 0) is 12.0 Å². The number of nitrogen functional groups attached to an aromatic ring is 1. The number of nitrogens with two attached hydrogens (primary N) is 1. The van der Waals surface area contributed by atoms with Crippen molar-refractivity contribution in [1.82, 2.24) is 0 Å². The van der Waals surface area contributed by atoms with Crippen molar-refractivity contribution in [3.63, 3.8) is 0 Å². The van der Waals surface area contributed by atoms with Crippen molar-refractivity contribution < 1.29 is 15.1 Å². The second-order valence-corrected chi connectivity index (χ2v) is 3.35. The summed E-state index contributed by atoms with van der Waals surface area (Å²) < 4.78 is 0. The molecule has 1 aromatic carbocycles. The molecule has 0 aromatic heterocycles. The zero-order chi connectivity index (χ0) is 12.1. The molecule has 0 aliphatic heterocycles.